The Bertz CT molecular complexity index is 1370. The summed E-state index contributed by atoms with van der Waals surface area (Å²) in [6.45, 7) is 0. The van der Waals surface area contributed by atoms with E-state index >= 15 is 0 Å². The first-order valence-corrected chi connectivity index (χ1v) is 10.0. The SMILES string of the molecule is O=C(CSc1nc2[nH]ncc2c(=O)n1-c1cccc(C(F)(F)F)c1)Nc1ccccc1F. The fourth-order valence-electron chi connectivity index (χ4n) is 2.90. The maximum absolute atomic E-state index is 13.7. The van der Waals surface area contributed by atoms with Crippen LogP contribution in [0.4, 0.5) is 23.2 Å². The summed E-state index contributed by atoms with van der Waals surface area (Å²) in [5, 5.41) is 8.71. The minimum absolute atomic E-state index is 0.0228. The van der Waals surface area contributed by atoms with Gasteiger partial charge in [0.15, 0.2) is 10.8 Å². The number of nitrogens with one attached hydrogen (secondary N) is 2. The Morgan fingerprint density at radius 3 is 2.69 bits per heavy atom. The van der Waals surface area contributed by atoms with E-state index in [9.17, 15) is 27.2 Å². The molecular formula is C20H13F4N5O2S. The zero-order chi connectivity index (χ0) is 22.9. The van der Waals surface area contributed by atoms with Crippen molar-refractivity contribution in [1.82, 2.24) is 19.7 Å². The van der Waals surface area contributed by atoms with Gasteiger partial charge < -0.3 is 5.32 Å². The number of hydrogen-bond donors (Lipinski definition) is 2. The van der Waals surface area contributed by atoms with Crippen LogP contribution in [0.1, 0.15) is 5.56 Å². The van der Waals surface area contributed by atoms with E-state index in [1.54, 1.807) is 6.07 Å². The first-order valence-electron chi connectivity index (χ1n) is 9.05. The summed E-state index contributed by atoms with van der Waals surface area (Å²) in [6, 6.07) is 9.78. The number of rotatable bonds is 5. The highest BCUT2D eigenvalue weighted by atomic mass is 32.2. The van der Waals surface area contributed by atoms with Gasteiger partial charge in [-0.15, -0.1) is 0 Å². The van der Waals surface area contributed by atoms with Gasteiger partial charge in [0.05, 0.1) is 28.9 Å². The van der Waals surface area contributed by atoms with Crippen molar-refractivity contribution in [2.24, 2.45) is 0 Å². The number of thioether (sulfide) groups is 1. The third-order valence-electron chi connectivity index (χ3n) is 4.36. The molecule has 0 fully saturated rings. The number of nitrogens with zero attached hydrogens (tertiary/aromatic N) is 3. The maximum Gasteiger partial charge on any atom is 0.416 e. The van der Waals surface area contributed by atoms with Crippen molar-refractivity contribution in [2.75, 3.05) is 11.1 Å². The van der Waals surface area contributed by atoms with Crippen molar-refractivity contribution in [3.63, 3.8) is 0 Å². The minimum Gasteiger partial charge on any atom is -0.323 e. The fourth-order valence-corrected chi connectivity index (χ4v) is 3.70. The van der Waals surface area contributed by atoms with Crippen LogP contribution < -0.4 is 10.9 Å². The number of aromatic amines is 1. The van der Waals surface area contributed by atoms with Crippen molar-refractivity contribution in [1.29, 1.82) is 0 Å². The molecule has 7 nitrogen and oxygen atoms in total. The topological polar surface area (TPSA) is 92.7 Å². The zero-order valence-electron chi connectivity index (χ0n) is 16.0. The molecule has 2 aromatic carbocycles. The van der Waals surface area contributed by atoms with E-state index in [4.69, 9.17) is 0 Å². The van der Waals surface area contributed by atoms with Crippen LogP contribution >= 0.6 is 11.8 Å². The van der Waals surface area contributed by atoms with Crippen LogP contribution in [-0.4, -0.2) is 31.4 Å². The molecule has 4 aromatic rings. The van der Waals surface area contributed by atoms with E-state index < -0.39 is 29.0 Å². The van der Waals surface area contributed by atoms with Crippen LogP contribution in [0.2, 0.25) is 0 Å². The molecule has 4 rings (SSSR count). The number of halogens is 4. The number of alkyl halides is 3. The van der Waals surface area contributed by atoms with Crippen LogP contribution in [0.5, 0.6) is 0 Å². The summed E-state index contributed by atoms with van der Waals surface area (Å²) in [5.41, 5.74) is -1.57. The van der Waals surface area contributed by atoms with Gasteiger partial charge >= 0.3 is 6.18 Å². The Morgan fingerprint density at radius 2 is 1.94 bits per heavy atom. The number of H-pyrrole nitrogens is 1. The number of para-hydroxylation sites is 1. The number of carbonyl (C=O) groups is 1. The van der Waals surface area contributed by atoms with Gasteiger partial charge in [0, 0.05) is 0 Å². The maximum atomic E-state index is 13.7. The lowest BCUT2D eigenvalue weighted by Gasteiger charge is -2.14. The van der Waals surface area contributed by atoms with Gasteiger partial charge in [-0.25, -0.2) is 9.37 Å². The average Bonchev–Trinajstić information content (AvgIpc) is 3.22. The van der Waals surface area contributed by atoms with Crippen molar-refractivity contribution >= 4 is 34.4 Å². The lowest BCUT2D eigenvalue weighted by molar-refractivity contribution is -0.137. The summed E-state index contributed by atoms with van der Waals surface area (Å²) < 4.78 is 54.2. The molecule has 0 saturated carbocycles. The number of anilines is 1. The standard InChI is InChI=1S/C20H13F4N5O2S/c21-14-6-1-2-7-15(14)26-16(30)10-32-19-27-17-13(9-25-28-17)18(31)29(19)12-5-3-4-11(8-12)20(22,23)24/h1-9H,10H2,(H,25,28)(H,26,30). The second kappa shape index (κ2) is 8.46. The van der Waals surface area contributed by atoms with Gasteiger partial charge in [-0.2, -0.15) is 18.3 Å². The highest BCUT2D eigenvalue weighted by Gasteiger charge is 2.31. The Balaban J connectivity index is 1.69. The molecule has 0 spiro atoms. The molecule has 0 radical (unpaired) electrons. The molecule has 0 aliphatic rings. The predicted molar refractivity (Wildman–Crippen MR) is 110 cm³/mol. The summed E-state index contributed by atoms with van der Waals surface area (Å²) >= 11 is 0.809. The first kappa shape index (κ1) is 21.6. The second-order valence-corrected chi connectivity index (χ2v) is 7.47. The molecule has 0 atom stereocenters. The van der Waals surface area contributed by atoms with Gasteiger partial charge in [-0.3, -0.25) is 19.3 Å². The summed E-state index contributed by atoms with van der Waals surface area (Å²) in [7, 11) is 0. The fraction of sp³-hybridized carbons (Fsp3) is 0.100. The molecule has 0 saturated heterocycles. The normalized spacial score (nSPS) is 11.6. The van der Waals surface area contributed by atoms with Crippen molar-refractivity contribution < 1.29 is 22.4 Å². The number of fused-ring (bicyclic) bond motifs is 1. The molecule has 0 bridgehead atoms. The van der Waals surface area contributed by atoms with Gasteiger partial charge in [0.1, 0.15) is 11.2 Å². The summed E-state index contributed by atoms with van der Waals surface area (Å²) in [6.07, 6.45) is -3.39. The zero-order valence-corrected chi connectivity index (χ0v) is 16.8. The summed E-state index contributed by atoms with van der Waals surface area (Å²) in [4.78, 5) is 29.5. The lowest BCUT2D eigenvalue weighted by Crippen LogP contribution is -2.23. The smallest absolute Gasteiger partial charge is 0.323 e. The highest BCUT2D eigenvalue weighted by Crippen LogP contribution is 2.31. The molecule has 2 aromatic heterocycles. The third kappa shape index (κ3) is 4.35. The molecule has 0 aliphatic carbocycles. The molecule has 0 unspecified atom stereocenters. The van der Waals surface area contributed by atoms with Crippen LogP contribution in [0.3, 0.4) is 0 Å². The van der Waals surface area contributed by atoms with E-state index in [2.05, 4.69) is 20.5 Å². The number of aromatic nitrogens is 4. The van der Waals surface area contributed by atoms with Crippen molar-refractivity contribution in [2.45, 2.75) is 11.3 Å². The number of benzene rings is 2. The molecule has 32 heavy (non-hydrogen) atoms. The highest BCUT2D eigenvalue weighted by molar-refractivity contribution is 7.99. The van der Waals surface area contributed by atoms with Crippen LogP contribution in [0, 0.1) is 5.82 Å². The Hall–Kier alpha value is -3.67. The molecule has 2 N–H and O–H groups in total. The van der Waals surface area contributed by atoms with Crippen LogP contribution in [0.15, 0.2) is 64.7 Å². The van der Waals surface area contributed by atoms with E-state index in [0.717, 1.165) is 28.5 Å². The van der Waals surface area contributed by atoms with Crippen molar-refractivity contribution in [3.05, 3.63) is 76.5 Å². The predicted octanol–water partition coefficient (Wildman–Crippen LogP) is 4.00. The quantitative estimate of drug-likeness (QED) is 0.265. The molecule has 2 heterocycles. The monoisotopic (exact) mass is 463 g/mol. The van der Waals surface area contributed by atoms with Gasteiger partial charge in [0.2, 0.25) is 5.91 Å². The van der Waals surface area contributed by atoms with Gasteiger partial charge in [-0.05, 0) is 30.3 Å². The molecule has 1 amide bonds. The van der Waals surface area contributed by atoms with Crippen molar-refractivity contribution in [3.8, 4) is 5.69 Å². The third-order valence-corrected chi connectivity index (χ3v) is 5.30. The molecule has 164 valence electrons. The van der Waals surface area contributed by atoms with E-state index in [1.165, 1.54) is 36.5 Å². The first-order chi connectivity index (χ1) is 15.2. The second-order valence-electron chi connectivity index (χ2n) is 6.53. The van der Waals surface area contributed by atoms with Crippen LogP contribution in [-0.2, 0) is 11.0 Å². The van der Waals surface area contributed by atoms with E-state index in [1.807, 2.05) is 0 Å². The van der Waals surface area contributed by atoms with Crippen LogP contribution in [0.25, 0.3) is 16.7 Å². The molecule has 0 aliphatic heterocycles. The Labute approximate surface area is 181 Å². The van der Waals surface area contributed by atoms with Gasteiger partial charge in [0.25, 0.3) is 5.56 Å². The number of carbonyl (C=O) groups excluding carboxylic acids is 1. The number of amides is 1. The van der Waals surface area contributed by atoms with Gasteiger partial charge in [-0.1, -0.05) is 30.0 Å². The molecule has 12 heteroatoms. The van der Waals surface area contributed by atoms with E-state index in [0.29, 0.717) is 0 Å². The summed E-state index contributed by atoms with van der Waals surface area (Å²) in [5.74, 6) is -1.49. The molecular weight excluding hydrogens is 450 g/mol. The lowest BCUT2D eigenvalue weighted by atomic mass is 10.2. The number of hydrogen-bond acceptors (Lipinski definition) is 5. The van der Waals surface area contributed by atoms with E-state index in [-0.39, 0.29) is 33.3 Å². The Morgan fingerprint density at radius 1 is 1.16 bits per heavy atom. The Kier molecular flexibility index (Phi) is 5.70. The average molecular weight is 463 g/mol. The largest absolute Gasteiger partial charge is 0.416 e. The minimum atomic E-state index is -4.61.